The van der Waals surface area contributed by atoms with Crippen molar-refractivity contribution >= 4 is 69.8 Å². The lowest BCUT2D eigenvalue weighted by molar-refractivity contribution is -0.125. The van der Waals surface area contributed by atoms with Crippen LogP contribution in [0.4, 0.5) is 33.3 Å². The minimum atomic E-state index is -2.64. The number of allylic oxidation sites excluding steroid dienone is 2. The molecule has 50 heavy (non-hydrogen) atoms. The first-order chi connectivity index (χ1) is 23.7. The van der Waals surface area contributed by atoms with Crippen LogP contribution in [0.15, 0.2) is 60.2 Å². The highest BCUT2D eigenvalue weighted by Crippen LogP contribution is 2.66. The van der Waals surface area contributed by atoms with Crippen LogP contribution in [0.3, 0.4) is 0 Å². The molecule has 0 aromatic heterocycles. The summed E-state index contributed by atoms with van der Waals surface area (Å²) in [6.07, 6.45) is 0.969. The van der Waals surface area contributed by atoms with Crippen LogP contribution in [-0.2, 0) is 19.2 Å². The van der Waals surface area contributed by atoms with E-state index in [1.807, 2.05) is 0 Å². The predicted molar refractivity (Wildman–Crippen MR) is 169 cm³/mol. The van der Waals surface area contributed by atoms with Gasteiger partial charge in [0.1, 0.15) is 18.0 Å². The molecular weight excluding hydrogens is 734 g/mol. The number of carbonyl (C=O) groups excluding carboxylic acids is 4. The zero-order chi connectivity index (χ0) is 36.0. The molecular formula is C34H22Cl3F5N2O6. The van der Waals surface area contributed by atoms with Crippen molar-refractivity contribution in [2.24, 2.45) is 17.8 Å². The molecule has 1 saturated carbocycles. The van der Waals surface area contributed by atoms with Crippen molar-refractivity contribution in [2.45, 2.75) is 28.5 Å². The summed E-state index contributed by atoms with van der Waals surface area (Å²) in [5, 5.41) is 9.49. The second kappa shape index (κ2) is 12.0. The second-order valence-corrected chi connectivity index (χ2v) is 14.0. The summed E-state index contributed by atoms with van der Waals surface area (Å²) < 4.78 is 78.7. The van der Waals surface area contributed by atoms with Crippen LogP contribution in [0.1, 0.15) is 24.3 Å². The number of benzene rings is 3. The highest BCUT2D eigenvalue weighted by Gasteiger charge is 2.77. The van der Waals surface area contributed by atoms with Gasteiger partial charge in [-0.1, -0.05) is 35.4 Å². The van der Waals surface area contributed by atoms with E-state index >= 15 is 8.78 Å². The minimum Gasteiger partial charge on any atom is -0.491 e. The highest BCUT2D eigenvalue weighted by molar-refractivity contribution is 6.58. The number of ether oxygens (including phenoxy) is 1. The monoisotopic (exact) mass is 754 g/mol. The summed E-state index contributed by atoms with van der Waals surface area (Å²) in [6.45, 7) is -0.363. The third-order valence-electron chi connectivity index (χ3n) is 9.88. The molecule has 4 amide bonds. The fourth-order valence-corrected chi connectivity index (χ4v) is 8.77. The van der Waals surface area contributed by atoms with Crippen LogP contribution in [0, 0.1) is 46.8 Å². The van der Waals surface area contributed by atoms with E-state index in [1.54, 1.807) is 6.08 Å². The molecule has 1 N–H and O–H groups in total. The van der Waals surface area contributed by atoms with Crippen LogP contribution in [0.5, 0.6) is 5.75 Å². The Kier molecular flexibility index (Phi) is 8.28. The molecule has 7 rings (SSSR count). The van der Waals surface area contributed by atoms with E-state index in [1.165, 1.54) is 48.5 Å². The average molecular weight is 756 g/mol. The van der Waals surface area contributed by atoms with E-state index in [9.17, 15) is 32.3 Å². The first kappa shape index (κ1) is 34.4. The number of hydrogen-bond donors (Lipinski definition) is 1. The van der Waals surface area contributed by atoms with Crippen molar-refractivity contribution in [1.29, 1.82) is 0 Å². The predicted octanol–water partition coefficient (Wildman–Crippen LogP) is 6.17. The topological polar surface area (TPSA) is 104 Å². The van der Waals surface area contributed by atoms with Crippen LogP contribution in [0.25, 0.3) is 0 Å². The highest BCUT2D eigenvalue weighted by atomic mass is 35.5. The number of alkyl halides is 2. The maximum absolute atomic E-state index is 15.2. The molecule has 8 nitrogen and oxygen atoms in total. The number of rotatable bonds is 6. The molecule has 0 radical (unpaired) electrons. The van der Waals surface area contributed by atoms with Gasteiger partial charge in [0.05, 0.1) is 24.1 Å². The first-order valence-electron chi connectivity index (χ1n) is 15.1. The van der Waals surface area contributed by atoms with E-state index in [4.69, 9.17) is 44.6 Å². The fourth-order valence-electron chi connectivity index (χ4n) is 7.71. The number of carbonyl (C=O) groups is 4. The number of anilines is 2. The SMILES string of the molecule is O=C1C2CC=C3C(CC4(Cl)C(=O)N(c5c(F)c(F)c(F)c(F)c5F)C(=O)C4(Cl)C3c3ccc(OCCO)cc3)C2C(=O)N1c1ccc(Cl)cc1. The molecule has 2 aliphatic carbocycles. The normalized spacial score (nSPS) is 28.9. The third kappa shape index (κ3) is 4.59. The molecule has 0 bridgehead atoms. The maximum Gasteiger partial charge on any atom is 0.258 e. The van der Waals surface area contributed by atoms with E-state index < -0.39 is 98.2 Å². The zero-order valence-electron chi connectivity index (χ0n) is 25.2. The summed E-state index contributed by atoms with van der Waals surface area (Å²) in [6, 6.07) is 11.7. The van der Waals surface area contributed by atoms with Crippen molar-refractivity contribution in [1.82, 2.24) is 0 Å². The van der Waals surface area contributed by atoms with Gasteiger partial charge in [0.25, 0.3) is 11.8 Å². The number of imide groups is 2. The lowest BCUT2D eigenvalue weighted by atomic mass is 9.56. The lowest BCUT2D eigenvalue weighted by Gasteiger charge is -2.50. The Morgan fingerprint density at radius 3 is 1.98 bits per heavy atom. The maximum atomic E-state index is 15.2. The molecule has 3 fully saturated rings. The Morgan fingerprint density at radius 1 is 0.780 bits per heavy atom. The van der Waals surface area contributed by atoms with Gasteiger partial charge >= 0.3 is 0 Å². The standard InChI is InChI=1S/C34H22Cl3F5N2O6/c35-15-3-5-16(6-4-15)43-29(46)19-10-9-18-20(21(19)30(43)47)13-33(36)31(48)44(28-26(41)24(39)23(38)25(40)27(28)42)32(49)34(33,37)22(18)14-1-7-17(8-2-14)50-12-11-45/h1-9,19-22,45H,10-13H2. The molecule has 3 aromatic rings. The van der Waals surface area contributed by atoms with Gasteiger partial charge in [-0.3, -0.25) is 24.1 Å². The smallest absolute Gasteiger partial charge is 0.258 e. The second-order valence-electron chi connectivity index (χ2n) is 12.3. The third-order valence-corrected chi connectivity index (χ3v) is 11.5. The summed E-state index contributed by atoms with van der Waals surface area (Å²) in [5.41, 5.74) is -1.11. The van der Waals surface area contributed by atoms with E-state index in [0.29, 0.717) is 10.6 Å². The molecule has 0 spiro atoms. The molecule has 260 valence electrons. The van der Waals surface area contributed by atoms with Crippen LogP contribution in [0.2, 0.25) is 5.02 Å². The van der Waals surface area contributed by atoms with Crippen LogP contribution >= 0.6 is 34.8 Å². The van der Waals surface area contributed by atoms with Gasteiger partial charge in [0, 0.05) is 10.9 Å². The molecule has 4 aliphatic rings. The van der Waals surface area contributed by atoms with Crippen LogP contribution in [-0.4, -0.2) is 51.7 Å². The Balaban J connectivity index is 1.40. The number of aliphatic hydroxyl groups is 1. The Morgan fingerprint density at radius 2 is 1.38 bits per heavy atom. The van der Waals surface area contributed by atoms with Crippen LogP contribution < -0.4 is 14.5 Å². The molecule has 2 saturated heterocycles. The molecule has 6 unspecified atom stereocenters. The quantitative estimate of drug-likeness (QED) is 0.0806. The first-order valence-corrected chi connectivity index (χ1v) is 16.3. The molecule has 2 aliphatic heterocycles. The molecule has 6 atom stereocenters. The lowest BCUT2D eigenvalue weighted by Crippen LogP contribution is -2.60. The van der Waals surface area contributed by atoms with Gasteiger partial charge in [0.2, 0.25) is 17.6 Å². The van der Waals surface area contributed by atoms with E-state index in [2.05, 4.69) is 0 Å². The van der Waals surface area contributed by atoms with E-state index in [0.717, 1.165) is 4.90 Å². The van der Waals surface area contributed by atoms with Gasteiger partial charge in [0.15, 0.2) is 33.0 Å². The molecule has 16 heteroatoms. The zero-order valence-corrected chi connectivity index (χ0v) is 27.5. The number of halogens is 8. The summed E-state index contributed by atoms with van der Waals surface area (Å²) in [5.74, 6) is -20.9. The number of aliphatic hydroxyl groups excluding tert-OH is 1. The van der Waals surface area contributed by atoms with E-state index in [-0.39, 0.29) is 41.5 Å². The number of nitrogens with zero attached hydrogens (tertiary/aromatic N) is 2. The van der Waals surface area contributed by atoms with Gasteiger partial charge in [-0.05, 0) is 60.7 Å². The number of amides is 4. The Labute approximate surface area is 294 Å². The molecule has 3 aromatic carbocycles. The Bertz CT molecular complexity index is 2000. The van der Waals surface area contributed by atoms with Crippen molar-refractivity contribution in [3.63, 3.8) is 0 Å². The number of fused-ring (bicyclic) bond motifs is 4. The summed E-state index contributed by atoms with van der Waals surface area (Å²) in [7, 11) is 0. The van der Waals surface area contributed by atoms with Crippen molar-refractivity contribution in [3.05, 3.63) is 99.9 Å². The minimum absolute atomic E-state index is 0.00882. The van der Waals surface area contributed by atoms with Gasteiger partial charge in [-0.15, -0.1) is 23.2 Å². The van der Waals surface area contributed by atoms with Crippen molar-refractivity contribution in [2.75, 3.05) is 23.0 Å². The summed E-state index contributed by atoms with van der Waals surface area (Å²) >= 11 is 20.3. The van der Waals surface area contributed by atoms with Crippen molar-refractivity contribution < 1.29 is 51.0 Å². The van der Waals surface area contributed by atoms with Gasteiger partial charge in [-0.25, -0.2) is 26.9 Å². The van der Waals surface area contributed by atoms with Gasteiger partial charge < -0.3 is 9.84 Å². The van der Waals surface area contributed by atoms with Gasteiger partial charge in [-0.2, -0.15) is 0 Å². The van der Waals surface area contributed by atoms with Crippen molar-refractivity contribution in [3.8, 4) is 5.75 Å². The molecule has 2 heterocycles. The summed E-state index contributed by atoms with van der Waals surface area (Å²) in [4.78, 5) is 51.9. The Hall–Kier alpha value is -4.04. The average Bonchev–Trinajstić information content (AvgIpc) is 3.44. The fraction of sp³-hybridized carbons (Fsp3) is 0.294. The number of hydrogen-bond acceptors (Lipinski definition) is 6. The largest absolute Gasteiger partial charge is 0.491 e.